The molecule has 2 amide bonds. The molecule has 2 saturated heterocycles. The van der Waals surface area contributed by atoms with Crippen LogP contribution in [0.15, 0.2) is 24.3 Å². The maximum absolute atomic E-state index is 13.2. The van der Waals surface area contributed by atoms with E-state index in [9.17, 15) is 9.59 Å². The predicted molar refractivity (Wildman–Crippen MR) is 112 cm³/mol. The maximum Gasteiger partial charge on any atom is 0.245 e. The van der Waals surface area contributed by atoms with Crippen molar-refractivity contribution < 1.29 is 14.3 Å². The lowest BCUT2D eigenvalue weighted by molar-refractivity contribution is -0.144. The highest BCUT2D eigenvalue weighted by molar-refractivity contribution is 5.89. The van der Waals surface area contributed by atoms with Gasteiger partial charge in [-0.15, -0.1) is 0 Å². The van der Waals surface area contributed by atoms with Crippen molar-refractivity contribution in [3.63, 3.8) is 0 Å². The van der Waals surface area contributed by atoms with E-state index in [0.717, 1.165) is 51.4 Å². The molecule has 3 aliphatic rings. The van der Waals surface area contributed by atoms with Gasteiger partial charge in [0.25, 0.3) is 0 Å². The first kappa shape index (κ1) is 20.4. The summed E-state index contributed by atoms with van der Waals surface area (Å²) in [5.74, 6) is 0.131. The van der Waals surface area contributed by atoms with Crippen molar-refractivity contribution in [3.8, 4) is 0 Å². The van der Waals surface area contributed by atoms with E-state index in [1.54, 1.807) is 0 Å². The third-order valence-corrected chi connectivity index (χ3v) is 7.17. The van der Waals surface area contributed by atoms with Gasteiger partial charge in [0.15, 0.2) is 0 Å². The molecule has 1 N–H and O–H groups in total. The Morgan fingerprint density at radius 1 is 1.10 bits per heavy atom. The summed E-state index contributed by atoms with van der Waals surface area (Å²) in [6.45, 7) is 4.66. The second kappa shape index (κ2) is 8.86. The van der Waals surface area contributed by atoms with Crippen molar-refractivity contribution in [2.24, 2.45) is 5.92 Å². The summed E-state index contributed by atoms with van der Waals surface area (Å²) in [4.78, 5) is 27.7. The molecule has 1 aromatic rings. The second-order valence-corrected chi connectivity index (χ2v) is 8.91. The Hall–Kier alpha value is -1.88. The molecule has 5 heteroatoms. The number of fused-ring (bicyclic) bond motifs is 2. The molecule has 0 saturated carbocycles. The fourth-order valence-corrected chi connectivity index (χ4v) is 5.40. The minimum atomic E-state index is -0.365. The molecule has 0 radical (unpaired) electrons. The van der Waals surface area contributed by atoms with Gasteiger partial charge in [-0.2, -0.15) is 0 Å². The Balaban J connectivity index is 1.33. The third-order valence-electron chi connectivity index (χ3n) is 7.17. The molecule has 3 atom stereocenters. The first-order valence-corrected chi connectivity index (χ1v) is 11.4. The number of carbonyl (C=O) groups is 2. The molecule has 5 nitrogen and oxygen atoms in total. The molecule has 2 fully saturated rings. The first-order chi connectivity index (χ1) is 14.1. The van der Waals surface area contributed by atoms with Gasteiger partial charge < -0.3 is 15.0 Å². The smallest absolute Gasteiger partial charge is 0.245 e. The van der Waals surface area contributed by atoms with Crippen LogP contribution in [-0.2, 0) is 27.2 Å². The molecule has 0 spiro atoms. The summed E-state index contributed by atoms with van der Waals surface area (Å²) < 4.78 is 6.27. The van der Waals surface area contributed by atoms with Crippen molar-refractivity contribution in [2.45, 2.75) is 89.4 Å². The Kier molecular flexibility index (Phi) is 6.23. The maximum atomic E-state index is 13.2. The van der Waals surface area contributed by atoms with E-state index in [2.05, 4.69) is 29.6 Å². The largest absolute Gasteiger partial charge is 0.375 e. The van der Waals surface area contributed by atoms with Crippen molar-refractivity contribution in [3.05, 3.63) is 35.4 Å². The molecular formula is C24H34N2O3. The normalized spacial score (nSPS) is 26.7. The zero-order valence-corrected chi connectivity index (χ0v) is 17.7. The first-order valence-electron chi connectivity index (χ1n) is 11.4. The highest BCUT2D eigenvalue weighted by atomic mass is 16.5. The summed E-state index contributed by atoms with van der Waals surface area (Å²) in [6.07, 6.45) is 7.58. The summed E-state index contributed by atoms with van der Waals surface area (Å²) >= 11 is 0. The van der Waals surface area contributed by atoms with Gasteiger partial charge in [-0.25, -0.2) is 0 Å². The minimum Gasteiger partial charge on any atom is -0.375 e. The number of hydrogen-bond donors (Lipinski definition) is 1. The van der Waals surface area contributed by atoms with Gasteiger partial charge in [-0.3, -0.25) is 9.59 Å². The molecule has 158 valence electrons. The number of piperidine rings is 1. The number of hydrogen-bond acceptors (Lipinski definition) is 3. The van der Waals surface area contributed by atoms with Crippen molar-refractivity contribution in [1.82, 2.24) is 10.2 Å². The Morgan fingerprint density at radius 2 is 1.76 bits per heavy atom. The fourth-order valence-electron chi connectivity index (χ4n) is 5.40. The minimum absolute atomic E-state index is 0.00207. The lowest BCUT2D eigenvalue weighted by Crippen LogP contribution is -2.57. The van der Waals surface area contributed by atoms with Crippen LogP contribution in [0.25, 0.3) is 0 Å². The van der Waals surface area contributed by atoms with E-state index in [0.29, 0.717) is 12.6 Å². The fraction of sp³-hybridized carbons (Fsp3) is 0.667. The van der Waals surface area contributed by atoms with E-state index in [1.807, 2.05) is 18.7 Å². The monoisotopic (exact) mass is 398 g/mol. The van der Waals surface area contributed by atoms with E-state index < -0.39 is 0 Å². The van der Waals surface area contributed by atoms with Gasteiger partial charge in [0, 0.05) is 12.0 Å². The summed E-state index contributed by atoms with van der Waals surface area (Å²) in [5, 5.41) is 3.04. The van der Waals surface area contributed by atoms with Crippen LogP contribution < -0.4 is 5.32 Å². The molecule has 1 aromatic carbocycles. The molecule has 0 bridgehead atoms. The standard InChI is InChI=1S/C24H34N2O3/c1-3-16(4-2)23(27)25-22-12-11-19-9-10-20(26(19)24(22)28)15-29-21-13-17-7-5-6-8-18(17)14-21/h5-8,16,19-22H,3-4,9-15H2,1-2H3,(H,25,27)/t19-,20+,22+/m1/s1. The quantitative estimate of drug-likeness (QED) is 0.767. The van der Waals surface area contributed by atoms with E-state index >= 15 is 0 Å². The second-order valence-electron chi connectivity index (χ2n) is 8.91. The number of ether oxygens (including phenoxy) is 1. The van der Waals surface area contributed by atoms with Crippen molar-refractivity contribution in [2.75, 3.05) is 6.61 Å². The number of nitrogens with zero attached hydrogens (tertiary/aromatic N) is 1. The van der Waals surface area contributed by atoms with Crippen LogP contribution in [-0.4, -0.2) is 47.6 Å². The van der Waals surface area contributed by atoms with E-state index in [1.165, 1.54) is 11.1 Å². The van der Waals surface area contributed by atoms with Crippen molar-refractivity contribution in [1.29, 1.82) is 0 Å². The Bertz CT molecular complexity index is 720. The van der Waals surface area contributed by atoms with Crippen LogP contribution in [0.4, 0.5) is 0 Å². The zero-order valence-electron chi connectivity index (χ0n) is 17.7. The predicted octanol–water partition coefficient (Wildman–Crippen LogP) is 3.24. The average molecular weight is 399 g/mol. The van der Waals surface area contributed by atoms with Gasteiger partial charge in [0.1, 0.15) is 6.04 Å². The van der Waals surface area contributed by atoms with Gasteiger partial charge in [-0.05, 0) is 62.5 Å². The highest BCUT2D eigenvalue weighted by Crippen LogP contribution is 2.33. The number of amides is 2. The van der Waals surface area contributed by atoms with Crippen LogP contribution in [0.1, 0.15) is 63.5 Å². The number of benzene rings is 1. The average Bonchev–Trinajstić information content (AvgIpc) is 3.33. The van der Waals surface area contributed by atoms with Crippen LogP contribution in [0.3, 0.4) is 0 Å². The van der Waals surface area contributed by atoms with Crippen LogP contribution in [0.5, 0.6) is 0 Å². The SMILES string of the molecule is CCC(CC)C(=O)N[C@H]1CC[C@H]2CC[C@@H](COC3Cc4ccccc4C3)N2C1=O. The molecule has 0 aromatic heterocycles. The summed E-state index contributed by atoms with van der Waals surface area (Å²) in [5.41, 5.74) is 2.78. The topological polar surface area (TPSA) is 58.6 Å². The molecule has 29 heavy (non-hydrogen) atoms. The van der Waals surface area contributed by atoms with E-state index in [4.69, 9.17) is 4.74 Å². The van der Waals surface area contributed by atoms with Crippen LogP contribution in [0, 0.1) is 5.92 Å². The Morgan fingerprint density at radius 3 is 2.41 bits per heavy atom. The number of carbonyl (C=O) groups excluding carboxylic acids is 2. The number of rotatable bonds is 7. The van der Waals surface area contributed by atoms with Gasteiger partial charge >= 0.3 is 0 Å². The molecule has 0 unspecified atom stereocenters. The zero-order chi connectivity index (χ0) is 20.4. The molecule has 1 aliphatic carbocycles. The van der Waals surface area contributed by atoms with Gasteiger partial charge in [-0.1, -0.05) is 38.1 Å². The van der Waals surface area contributed by atoms with Crippen LogP contribution in [0.2, 0.25) is 0 Å². The molecular weight excluding hydrogens is 364 g/mol. The van der Waals surface area contributed by atoms with Gasteiger partial charge in [0.05, 0.1) is 18.8 Å². The number of nitrogens with one attached hydrogen (secondary N) is 1. The van der Waals surface area contributed by atoms with Crippen molar-refractivity contribution >= 4 is 11.8 Å². The van der Waals surface area contributed by atoms with E-state index in [-0.39, 0.29) is 35.9 Å². The lowest BCUT2D eigenvalue weighted by Gasteiger charge is -2.38. The molecule has 2 heterocycles. The third kappa shape index (κ3) is 4.20. The Labute approximate surface area is 174 Å². The summed E-state index contributed by atoms with van der Waals surface area (Å²) in [6, 6.07) is 8.64. The molecule has 4 rings (SSSR count). The lowest BCUT2D eigenvalue weighted by atomic mass is 9.96. The molecule has 2 aliphatic heterocycles. The summed E-state index contributed by atoms with van der Waals surface area (Å²) in [7, 11) is 0. The highest BCUT2D eigenvalue weighted by Gasteiger charge is 2.44. The van der Waals surface area contributed by atoms with Crippen LogP contribution >= 0.6 is 0 Å². The van der Waals surface area contributed by atoms with Gasteiger partial charge in [0.2, 0.25) is 11.8 Å².